The standard InChI is InChI=1S/C8H9NS2/c1-5-3-2-4-6-7(5)9-8(10)11-6/h2-4,8-10H,1H3. The molecule has 1 nitrogen and oxygen atoms in total. The summed E-state index contributed by atoms with van der Waals surface area (Å²) in [5, 5.41) is 3.29. The lowest BCUT2D eigenvalue weighted by atomic mass is 10.2. The summed E-state index contributed by atoms with van der Waals surface area (Å²) in [5.41, 5.74) is 2.55. The van der Waals surface area contributed by atoms with E-state index in [4.69, 9.17) is 0 Å². The van der Waals surface area contributed by atoms with Crippen LogP contribution in [-0.4, -0.2) is 4.71 Å². The van der Waals surface area contributed by atoms with Crippen molar-refractivity contribution in [2.45, 2.75) is 16.5 Å². The third-order valence-corrected chi connectivity index (χ3v) is 3.12. The fraction of sp³-hybridized carbons (Fsp3) is 0.250. The van der Waals surface area contributed by atoms with E-state index in [0.717, 1.165) is 0 Å². The summed E-state index contributed by atoms with van der Waals surface area (Å²) in [7, 11) is 0. The predicted octanol–water partition coefficient (Wildman–Crippen LogP) is 2.73. The SMILES string of the molecule is Cc1cccc2c1NC(S)S2. The summed E-state index contributed by atoms with van der Waals surface area (Å²) in [6, 6.07) is 6.31. The van der Waals surface area contributed by atoms with E-state index in [2.05, 4.69) is 43.1 Å². The minimum absolute atomic E-state index is 0.228. The summed E-state index contributed by atoms with van der Waals surface area (Å²) in [6.07, 6.45) is 0. The van der Waals surface area contributed by atoms with E-state index in [1.54, 1.807) is 11.8 Å². The van der Waals surface area contributed by atoms with Gasteiger partial charge in [0, 0.05) is 4.90 Å². The van der Waals surface area contributed by atoms with Crippen LogP contribution in [0.4, 0.5) is 5.69 Å². The number of thioether (sulfide) groups is 1. The first-order valence-electron chi connectivity index (χ1n) is 3.48. The molecule has 0 saturated heterocycles. The van der Waals surface area contributed by atoms with Gasteiger partial charge < -0.3 is 5.32 Å². The second kappa shape index (κ2) is 2.64. The molecule has 1 aliphatic heterocycles. The first-order valence-corrected chi connectivity index (χ1v) is 4.88. The van der Waals surface area contributed by atoms with Gasteiger partial charge in [-0.05, 0) is 18.6 Å². The van der Waals surface area contributed by atoms with E-state index >= 15 is 0 Å². The molecular formula is C8H9NS2. The fourth-order valence-corrected chi connectivity index (χ4v) is 2.58. The molecule has 1 heterocycles. The average molecular weight is 183 g/mol. The fourth-order valence-electron chi connectivity index (χ4n) is 1.20. The van der Waals surface area contributed by atoms with Gasteiger partial charge in [0.15, 0.2) is 0 Å². The predicted molar refractivity (Wildman–Crippen MR) is 53.4 cm³/mol. The average Bonchev–Trinajstić information content (AvgIpc) is 2.31. The largest absolute Gasteiger partial charge is 0.364 e. The van der Waals surface area contributed by atoms with Crippen molar-refractivity contribution in [2.24, 2.45) is 0 Å². The molecule has 1 aliphatic rings. The number of nitrogens with one attached hydrogen (secondary N) is 1. The Kier molecular flexibility index (Phi) is 1.77. The first kappa shape index (κ1) is 7.37. The van der Waals surface area contributed by atoms with Gasteiger partial charge >= 0.3 is 0 Å². The van der Waals surface area contributed by atoms with Crippen LogP contribution in [0.1, 0.15) is 5.56 Å². The van der Waals surface area contributed by atoms with Crippen LogP contribution >= 0.6 is 24.4 Å². The van der Waals surface area contributed by atoms with Crippen LogP contribution in [-0.2, 0) is 0 Å². The third-order valence-electron chi connectivity index (χ3n) is 1.74. The molecule has 1 unspecified atom stereocenters. The van der Waals surface area contributed by atoms with Crippen molar-refractivity contribution in [3.8, 4) is 0 Å². The number of anilines is 1. The molecule has 11 heavy (non-hydrogen) atoms. The van der Waals surface area contributed by atoms with Crippen LogP contribution < -0.4 is 5.32 Å². The number of hydrogen-bond donors (Lipinski definition) is 2. The quantitative estimate of drug-likeness (QED) is 0.600. The van der Waals surface area contributed by atoms with Gasteiger partial charge in [-0.25, -0.2) is 0 Å². The van der Waals surface area contributed by atoms with Crippen molar-refractivity contribution >= 4 is 30.1 Å². The van der Waals surface area contributed by atoms with Crippen LogP contribution in [0, 0.1) is 6.92 Å². The molecule has 0 spiro atoms. The molecule has 0 fully saturated rings. The van der Waals surface area contributed by atoms with Crippen LogP contribution in [0.25, 0.3) is 0 Å². The Labute approximate surface area is 76.0 Å². The zero-order valence-electron chi connectivity index (χ0n) is 6.16. The number of benzene rings is 1. The van der Waals surface area contributed by atoms with E-state index in [-0.39, 0.29) is 4.71 Å². The Morgan fingerprint density at radius 1 is 1.55 bits per heavy atom. The molecule has 0 aromatic heterocycles. The summed E-state index contributed by atoms with van der Waals surface area (Å²) >= 11 is 6.09. The number of rotatable bonds is 0. The maximum Gasteiger partial charge on any atom is 0.121 e. The summed E-state index contributed by atoms with van der Waals surface area (Å²) in [5.74, 6) is 0. The second-order valence-electron chi connectivity index (χ2n) is 2.56. The molecule has 1 aromatic rings. The highest BCUT2D eigenvalue weighted by Gasteiger charge is 2.18. The van der Waals surface area contributed by atoms with Gasteiger partial charge in [0.25, 0.3) is 0 Å². The van der Waals surface area contributed by atoms with Crippen molar-refractivity contribution in [3.63, 3.8) is 0 Å². The van der Waals surface area contributed by atoms with Crippen LogP contribution in [0.15, 0.2) is 23.1 Å². The van der Waals surface area contributed by atoms with Gasteiger partial charge in [0.2, 0.25) is 0 Å². The summed E-state index contributed by atoms with van der Waals surface area (Å²) < 4.78 is 0.228. The zero-order valence-corrected chi connectivity index (χ0v) is 7.88. The highest BCUT2D eigenvalue weighted by molar-refractivity contribution is 8.10. The topological polar surface area (TPSA) is 12.0 Å². The normalized spacial score (nSPS) is 21.1. The minimum atomic E-state index is 0.228. The van der Waals surface area contributed by atoms with Gasteiger partial charge in [0.05, 0.1) is 5.69 Å². The molecule has 0 radical (unpaired) electrons. The number of aryl methyl sites for hydroxylation is 1. The van der Waals surface area contributed by atoms with E-state index < -0.39 is 0 Å². The number of hydrogen-bond acceptors (Lipinski definition) is 3. The van der Waals surface area contributed by atoms with Crippen molar-refractivity contribution in [1.82, 2.24) is 0 Å². The van der Waals surface area contributed by atoms with Gasteiger partial charge in [-0.3, -0.25) is 0 Å². The minimum Gasteiger partial charge on any atom is -0.364 e. The van der Waals surface area contributed by atoms with E-state index in [0.29, 0.717) is 0 Å². The van der Waals surface area contributed by atoms with E-state index in [9.17, 15) is 0 Å². The first-order chi connectivity index (χ1) is 5.27. The zero-order chi connectivity index (χ0) is 7.84. The number of fused-ring (bicyclic) bond motifs is 1. The lowest BCUT2D eigenvalue weighted by molar-refractivity contribution is 1.33. The number of para-hydroxylation sites is 1. The van der Waals surface area contributed by atoms with Crippen LogP contribution in [0.5, 0.6) is 0 Å². The Morgan fingerprint density at radius 2 is 2.36 bits per heavy atom. The molecule has 3 heteroatoms. The van der Waals surface area contributed by atoms with E-state index in [1.165, 1.54) is 16.1 Å². The Balaban J connectivity index is 2.49. The Hall–Kier alpha value is -0.280. The highest BCUT2D eigenvalue weighted by atomic mass is 32.2. The lowest BCUT2D eigenvalue weighted by Gasteiger charge is -2.02. The van der Waals surface area contributed by atoms with E-state index in [1.807, 2.05) is 0 Å². The van der Waals surface area contributed by atoms with Gasteiger partial charge in [0.1, 0.15) is 4.71 Å². The number of thiol groups is 1. The maximum absolute atomic E-state index is 4.34. The van der Waals surface area contributed by atoms with Crippen molar-refractivity contribution in [3.05, 3.63) is 23.8 Å². The summed E-state index contributed by atoms with van der Waals surface area (Å²) in [6.45, 7) is 2.11. The molecular weight excluding hydrogens is 174 g/mol. The lowest BCUT2D eigenvalue weighted by Crippen LogP contribution is -2.00. The van der Waals surface area contributed by atoms with Crippen molar-refractivity contribution in [1.29, 1.82) is 0 Å². The van der Waals surface area contributed by atoms with Gasteiger partial charge in [-0.15, -0.1) is 12.6 Å². The van der Waals surface area contributed by atoms with Gasteiger partial charge in [-0.1, -0.05) is 23.9 Å². The smallest absolute Gasteiger partial charge is 0.121 e. The molecule has 0 aliphatic carbocycles. The maximum atomic E-state index is 4.34. The molecule has 0 saturated carbocycles. The van der Waals surface area contributed by atoms with Crippen LogP contribution in [0.3, 0.4) is 0 Å². The highest BCUT2D eigenvalue weighted by Crippen LogP contribution is 2.41. The van der Waals surface area contributed by atoms with Crippen LogP contribution in [0.2, 0.25) is 0 Å². The molecule has 0 bridgehead atoms. The molecule has 1 N–H and O–H groups in total. The molecule has 58 valence electrons. The Morgan fingerprint density at radius 3 is 3.09 bits per heavy atom. The summed E-state index contributed by atoms with van der Waals surface area (Å²) in [4.78, 5) is 1.31. The Bertz CT molecular complexity index is 285. The third kappa shape index (κ3) is 1.23. The molecule has 2 rings (SSSR count). The molecule has 1 aromatic carbocycles. The van der Waals surface area contributed by atoms with Gasteiger partial charge in [-0.2, -0.15) is 0 Å². The van der Waals surface area contributed by atoms with Crippen molar-refractivity contribution in [2.75, 3.05) is 5.32 Å². The van der Waals surface area contributed by atoms with Crippen molar-refractivity contribution < 1.29 is 0 Å². The molecule has 0 amide bonds. The second-order valence-corrected chi connectivity index (χ2v) is 4.58. The molecule has 1 atom stereocenters. The monoisotopic (exact) mass is 183 g/mol.